The monoisotopic (exact) mass is 238 g/mol. The van der Waals surface area contributed by atoms with Gasteiger partial charge in [-0.15, -0.1) is 22.2 Å². The Hall–Kier alpha value is 0.797. The van der Waals surface area contributed by atoms with Crippen molar-refractivity contribution in [3.05, 3.63) is 0 Å². The molecule has 0 unspecified atom stereocenters. The Morgan fingerprint density at radius 1 is 1.23 bits per heavy atom. The topological polar surface area (TPSA) is 0 Å². The highest BCUT2D eigenvalue weighted by atomic mass is 35.7. The Bertz CT molecular complexity index is 172. The zero-order valence-corrected chi connectivity index (χ0v) is 11.4. The fourth-order valence-corrected chi connectivity index (χ4v) is 6.90. The van der Waals surface area contributed by atoms with Crippen LogP contribution in [-0.4, -0.2) is 6.69 Å². The number of halogens is 2. The van der Waals surface area contributed by atoms with E-state index in [0.717, 1.165) is 6.42 Å². The van der Waals surface area contributed by atoms with Gasteiger partial charge in [0.25, 0.3) is 6.69 Å². The largest absolute Gasteiger partial charge is 0.259 e. The summed E-state index contributed by atoms with van der Waals surface area (Å²) in [6.07, 6.45) is 6.30. The van der Waals surface area contributed by atoms with Crippen LogP contribution in [-0.2, 0) is 0 Å². The second kappa shape index (κ2) is 4.12. The fourth-order valence-electron chi connectivity index (χ4n) is 2.08. The summed E-state index contributed by atoms with van der Waals surface area (Å²) in [5.41, 5.74) is 0.644. The molecule has 0 N–H and O–H groups in total. The molecule has 0 atom stereocenters. The zero-order chi connectivity index (χ0) is 10.1. The van der Waals surface area contributed by atoms with Crippen molar-refractivity contribution in [3.8, 4) is 0 Å². The third kappa shape index (κ3) is 2.24. The van der Waals surface area contributed by atoms with E-state index in [1.54, 1.807) is 0 Å². The SMILES string of the molecule is CCC(C)(C)[Si](Cl)(Cl)C1CCCC1. The van der Waals surface area contributed by atoms with Crippen molar-refractivity contribution in [3.63, 3.8) is 0 Å². The first-order chi connectivity index (χ1) is 5.92. The highest BCUT2D eigenvalue weighted by Crippen LogP contribution is 2.56. The molecular formula is C10H20Cl2Si. The summed E-state index contributed by atoms with van der Waals surface area (Å²) in [5.74, 6) is 0. The van der Waals surface area contributed by atoms with Gasteiger partial charge in [0.2, 0.25) is 0 Å². The van der Waals surface area contributed by atoms with Gasteiger partial charge in [-0.1, -0.05) is 52.9 Å². The van der Waals surface area contributed by atoms with E-state index in [4.69, 9.17) is 22.2 Å². The molecule has 1 fully saturated rings. The first-order valence-corrected chi connectivity index (χ1v) is 9.39. The van der Waals surface area contributed by atoms with E-state index in [9.17, 15) is 0 Å². The van der Waals surface area contributed by atoms with Gasteiger partial charge in [-0.3, -0.25) is 0 Å². The van der Waals surface area contributed by atoms with Crippen LogP contribution in [0.4, 0.5) is 0 Å². The molecule has 0 amide bonds. The molecule has 1 saturated carbocycles. The third-order valence-electron chi connectivity index (χ3n) is 3.65. The van der Waals surface area contributed by atoms with Crippen molar-refractivity contribution in [2.45, 2.75) is 63.5 Å². The number of hydrogen-bond donors (Lipinski definition) is 0. The smallest absolute Gasteiger partial charge is 0.145 e. The van der Waals surface area contributed by atoms with Crippen LogP contribution >= 0.6 is 22.2 Å². The highest BCUT2D eigenvalue weighted by Gasteiger charge is 2.50. The van der Waals surface area contributed by atoms with Crippen LogP contribution in [0.25, 0.3) is 0 Å². The molecule has 0 saturated heterocycles. The summed E-state index contributed by atoms with van der Waals surface area (Å²) >= 11 is 13.3. The van der Waals surface area contributed by atoms with Crippen LogP contribution in [0.2, 0.25) is 10.6 Å². The third-order valence-corrected chi connectivity index (χ3v) is 12.3. The van der Waals surface area contributed by atoms with Gasteiger partial charge in [0.05, 0.1) is 0 Å². The predicted molar refractivity (Wildman–Crippen MR) is 64.0 cm³/mol. The van der Waals surface area contributed by atoms with Gasteiger partial charge in [0, 0.05) is 0 Å². The van der Waals surface area contributed by atoms with E-state index >= 15 is 0 Å². The summed E-state index contributed by atoms with van der Waals surface area (Å²) in [6.45, 7) is 4.61. The van der Waals surface area contributed by atoms with E-state index in [2.05, 4.69) is 20.8 Å². The van der Waals surface area contributed by atoms with Crippen molar-refractivity contribution in [2.24, 2.45) is 0 Å². The lowest BCUT2D eigenvalue weighted by molar-refractivity contribution is 0.614. The minimum Gasteiger partial charge on any atom is -0.145 e. The standard InChI is InChI=1S/C10H20Cl2Si/c1-4-10(2,3)13(11,12)9-7-5-6-8-9/h9H,4-8H2,1-3H3. The van der Waals surface area contributed by atoms with Crippen molar-refractivity contribution >= 4 is 28.9 Å². The quantitative estimate of drug-likeness (QED) is 0.478. The Morgan fingerprint density at radius 3 is 2.08 bits per heavy atom. The number of hydrogen-bond acceptors (Lipinski definition) is 0. The van der Waals surface area contributed by atoms with E-state index in [1.807, 2.05) is 0 Å². The average molecular weight is 239 g/mol. The maximum Gasteiger partial charge on any atom is 0.259 e. The average Bonchev–Trinajstić information content (AvgIpc) is 2.56. The summed E-state index contributed by atoms with van der Waals surface area (Å²) in [6, 6.07) is 0. The van der Waals surface area contributed by atoms with Gasteiger partial charge < -0.3 is 0 Å². The van der Waals surface area contributed by atoms with Crippen molar-refractivity contribution < 1.29 is 0 Å². The van der Waals surface area contributed by atoms with E-state index in [-0.39, 0.29) is 5.04 Å². The first kappa shape index (κ1) is 11.9. The van der Waals surface area contributed by atoms with Crippen LogP contribution < -0.4 is 0 Å². The molecule has 3 heteroatoms. The lowest BCUT2D eigenvalue weighted by atomic mass is 10.1. The molecule has 0 nitrogen and oxygen atoms in total. The molecule has 0 radical (unpaired) electrons. The Kier molecular flexibility index (Phi) is 3.76. The molecule has 0 aromatic heterocycles. The number of rotatable bonds is 3. The molecule has 78 valence electrons. The molecule has 0 aromatic rings. The molecule has 13 heavy (non-hydrogen) atoms. The van der Waals surface area contributed by atoms with E-state index in [1.165, 1.54) is 25.7 Å². The highest BCUT2D eigenvalue weighted by molar-refractivity contribution is 7.47. The normalized spacial score (nSPS) is 21.0. The van der Waals surface area contributed by atoms with Gasteiger partial charge in [0.15, 0.2) is 0 Å². The molecule has 0 spiro atoms. The van der Waals surface area contributed by atoms with Crippen LogP contribution in [0.15, 0.2) is 0 Å². The van der Waals surface area contributed by atoms with Crippen LogP contribution in [0, 0.1) is 0 Å². The zero-order valence-electron chi connectivity index (χ0n) is 8.87. The van der Waals surface area contributed by atoms with Crippen LogP contribution in [0.3, 0.4) is 0 Å². The second-order valence-corrected chi connectivity index (χ2v) is 12.4. The van der Waals surface area contributed by atoms with Gasteiger partial charge in [-0.05, 0) is 10.6 Å². The van der Waals surface area contributed by atoms with Gasteiger partial charge in [-0.25, -0.2) is 0 Å². The molecule has 0 bridgehead atoms. The van der Waals surface area contributed by atoms with Gasteiger partial charge >= 0.3 is 0 Å². The Balaban J connectivity index is 2.73. The maximum absolute atomic E-state index is 6.64. The Morgan fingerprint density at radius 2 is 1.69 bits per heavy atom. The minimum absolute atomic E-state index is 0.172. The first-order valence-electron chi connectivity index (χ1n) is 5.29. The second-order valence-electron chi connectivity index (χ2n) is 4.84. The molecule has 0 heterocycles. The van der Waals surface area contributed by atoms with E-state index in [0.29, 0.717) is 5.54 Å². The van der Waals surface area contributed by atoms with Crippen molar-refractivity contribution in [1.29, 1.82) is 0 Å². The predicted octanol–water partition coefficient (Wildman–Crippen LogP) is 5.04. The summed E-state index contributed by atoms with van der Waals surface area (Å²) < 4.78 is 0. The van der Waals surface area contributed by atoms with Crippen molar-refractivity contribution in [2.75, 3.05) is 0 Å². The molecule has 0 aliphatic heterocycles. The molecule has 0 aromatic carbocycles. The van der Waals surface area contributed by atoms with Gasteiger partial charge in [0.1, 0.15) is 0 Å². The fraction of sp³-hybridized carbons (Fsp3) is 1.00. The van der Waals surface area contributed by atoms with E-state index < -0.39 is 6.69 Å². The Labute approximate surface area is 92.4 Å². The van der Waals surface area contributed by atoms with Crippen molar-refractivity contribution in [1.82, 2.24) is 0 Å². The van der Waals surface area contributed by atoms with Crippen LogP contribution in [0.1, 0.15) is 52.9 Å². The lowest BCUT2D eigenvalue weighted by Crippen LogP contribution is -2.37. The molecular weight excluding hydrogens is 219 g/mol. The van der Waals surface area contributed by atoms with Gasteiger partial charge in [-0.2, -0.15) is 0 Å². The molecule has 1 aliphatic rings. The summed E-state index contributed by atoms with van der Waals surface area (Å²) in [7, 11) is 0. The van der Waals surface area contributed by atoms with Crippen LogP contribution in [0.5, 0.6) is 0 Å². The maximum atomic E-state index is 6.64. The summed E-state index contributed by atoms with van der Waals surface area (Å²) in [4.78, 5) is 0. The summed E-state index contributed by atoms with van der Waals surface area (Å²) in [5, 5.41) is 0.172. The minimum atomic E-state index is -2.05. The lowest BCUT2D eigenvalue weighted by Gasteiger charge is -2.38. The molecule has 1 rings (SSSR count). The molecule has 1 aliphatic carbocycles.